The van der Waals surface area contributed by atoms with Crippen molar-refractivity contribution in [3.8, 4) is 11.5 Å². The number of rotatable bonds is 12. The summed E-state index contributed by atoms with van der Waals surface area (Å²) in [5, 5.41) is 0.497. The Balaban J connectivity index is 1.99. The monoisotopic (exact) mass is 500 g/mol. The van der Waals surface area contributed by atoms with E-state index < -0.39 is 23.8 Å². The Kier molecular flexibility index (Phi) is 9.15. The Morgan fingerprint density at radius 3 is 2.33 bits per heavy atom. The Morgan fingerprint density at radius 2 is 1.69 bits per heavy atom. The highest BCUT2D eigenvalue weighted by Gasteiger charge is 2.26. The number of carbonyl (C=O) groups excluding carboxylic acids is 3. The molecule has 3 aromatic rings. The van der Waals surface area contributed by atoms with E-state index in [1.54, 1.807) is 24.3 Å². The molecule has 10 heteroatoms. The van der Waals surface area contributed by atoms with Crippen molar-refractivity contribution in [1.82, 2.24) is 0 Å². The molecule has 10 nitrogen and oxygen atoms in total. The zero-order valence-corrected chi connectivity index (χ0v) is 20.5. The maximum atomic E-state index is 13.4. The summed E-state index contributed by atoms with van der Waals surface area (Å²) < 4.78 is 37.1. The van der Waals surface area contributed by atoms with Crippen molar-refractivity contribution in [2.45, 2.75) is 25.7 Å². The van der Waals surface area contributed by atoms with Gasteiger partial charge in [-0.3, -0.25) is 14.4 Å². The Morgan fingerprint density at radius 1 is 0.944 bits per heavy atom. The minimum atomic E-state index is -0.887. The molecule has 0 bridgehead atoms. The molecular weight excluding hydrogens is 472 g/mol. The van der Waals surface area contributed by atoms with E-state index in [0.717, 1.165) is 0 Å². The number of ether oxygens (including phenoxy) is 5. The van der Waals surface area contributed by atoms with Gasteiger partial charge in [-0.05, 0) is 43.2 Å². The number of hydrogen-bond donors (Lipinski definition) is 0. The normalized spacial score (nSPS) is 12.2. The van der Waals surface area contributed by atoms with E-state index in [9.17, 15) is 14.4 Å². The number of furan rings is 2. The highest BCUT2D eigenvalue weighted by Crippen LogP contribution is 2.39. The van der Waals surface area contributed by atoms with Gasteiger partial charge in [0, 0.05) is 18.4 Å². The summed E-state index contributed by atoms with van der Waals surface area (Å²) in [5.74, 6) is -1.05. The molecule has 0 spiro atoms. The molecule has 2 heterocycles. The first kappa shape index (κ1) is 26.4. The average molecular weight is 501 g/mol. The molecule has 2 aromatic heterocycles. The molecule has 36 heavy (non-hydrogen) atoms. The Hall–Kier alpha value is -4.21. The van der Waals surface area contributed by atoms with E-state index in [-0.39, 0.29) is 31.4 Å². The predicted molar refractivity (Wildman–Crippen MR) is 127 cm³/mol. The first-order chi connectivity index (χ1) is 17.4. The van der Waals surface area contributed by atoms with Crippen LogP contribution < -0.4 is 9.47 Å². The van der Waals surface area contributed by atoms with Gasteiger partial charge in [0.05, 0.1) is 52.3 Å². The van der Waals surface area contributed by atoms with Crippen LogP contribution in [-0.4, -0.2) is 46.3 Å². The summed E-state index contributed by atoms with van der Waals surface area (Å²) in [6.45, 7) is 0. The summed E-state index contributed by atoms with van der Waals surface area (Å²) in [6.07, 6.45) is 4.82. The third-order valence-corrected chi connectivity index (χ3v) is 5.51. The van der Waals surface area contributed by atoms with Crippen LogP contribution in [0.5, 0.6) is 11.5 Å². The fourth-order valence-corrected chi connectivity index (χ4v) is 3.61. The smallest absolute Gasteiger partial charge is 0.318 e. The van der Waals surface area contributed by atoms with E-state index in [1.807, 2.05) is 0 Å². The van der Waals surface area contributed by atoms with Crippen LogP contribution in [0.1, 0.15) is 30.6 Å². The quantitative estimate of drug-likeness (QED) is 0.202. The van der Waals surface area contributed by atoms with Crippen molar-refractivity contribution < 1.29 is 46.9 Å². The summed E-state index contributed by atoms with van der Waals surface area (Å²) in [7, 11) is 5.51. The maximum Gasteiger partial charge on any atom is 0.318 e. The number of benzene rings is 1. The Labute approximate surface area is 207 Å². The van der Waals surface area contributed by atoms with Crippen molar-refractivity contribution in [2.24, 2.45) is 5.92 Å². The zero-order valence-electron chi connectivity index (χ0n) is 20.5. The fraction of sp³-hybridized carbons (Fsp3) is 0.346. The second-order valence-electron chi connectivity index (χ2n) is 7.66. The molecule has 3 rings (SSSR count). The van der Waals surface area contributed by atoms with E-state index in [1.165, 1.54) is 47.0 Å². The molecule has 0 amide bonds. The van der Waals surface area contributed by atoms with Crippen LogP contribution in [0.4, 0.5) is 0 Å². The second kappa shape index (κ2) is 12.5. The number of fused-ring (bicyclic) bond motifs is 1. The molecule has 0 saturated carbocycles. The summed E-state index contributed by atoms with van der Waals surface area (Å²) in [4.78, 5) is 37.0. The van der Waals surface area contributed by atoms with Crippen LogP contribution in [0.3, 0.4) is 0 Å². The summed E-state index contributed by atoms with van der Waals surface area (Å²) in [5.41, 5.74) is 0.935. The lowest BCUT2D eigenvalue weighted by molar-refractivity contribution is -0.142. The van der Waals surface area contributed by atoms with Crippen molar-refractivity contribution in [3.05, 3.63) is 54.2 Å². The molecule has 0 aliphatic carbocycles. The van der Waals surface area contributed by atoms with Gasteiger partial charge in [-0.1, -0.05) is 0 Å². The first-order valence-electron chi connectivity index (χ1n) is 11.1. The van der Waals surface area contributed by atoms with Gasteiger partial charge in [0.2, 0.25) is 0 Å². The number of carbonyl (C=O) groups is 3. The maximum absolute atomic E-state index is 13.4. The first-order valence-corrected chi connectivity index (χ1v) is 11.1. The van der Waals surface area contributed by atoms with Crippen LogP contribution in [0, 0.1) is 5.92 Å². The molecule has 192 valence electrons. The molecular formula is C26H28O10. The lowest BCUT2D eigenvalue weighted by atomic mass is 10.0. The van der Waals surface area contributed by atoms with Gasteiger partial charge in [0.25, 0.3) is 0 Å². The Bertz CT molecular complexity index is 1220. The molecule has 1 aromatic carbocycles. The van der Waals surface area contributed by atoms with E-state index in [2.05, 4.69) is 0 Å². The molecule has 0 saturated heterocycles. The van der Waals surface area contributed by atoms with Gasteiger partial charge in [-0.2, -0.15) is 0 Å². The third-order valence-electron chi connectivity index (χ3n) is 5.51. The van der Waals surface area contributed by atoms with Crippen LogP contribution in [0.25, 0.3) is 16.7 Å². The lowest BCUT2D eigenvalue weighted by Crippen LogP contribution is -2.21. The molecule has 0 aliphatic rings. The van der Waals surface area contributed by atoms with Crippen LogP contribution in [-0.2, 0) is 35.0 Å². The second-order valence-corrected chi connectivity index (χ2v) is 7.66. The lowest BCUT2D eigenvalue weighted by Gasteiger charge is -2.17. The SMILES string of the molecule is COC(=O)CCc1cc(OC)c2occc2c1OC(=O)C(/C=C(\OC)c1ccco1)CCC(=O)OC. The van der Waals surface area contributed by atoms with Crippen LogP contribution >= 0.6 is 0 Å². The standard InChI is InChI=1S/C26H28O10/c1-30-20(19-6-5-12-34-19)15-17(8-10-23(28)33-4)26(29)36-24-16(7-9-22(27)32-3)14-21(31-2)25-18(24)11-13-35-25/h5-6,11-15,17H,7-10H2,1-4H3/b20-15-. The highest BCUT2D eigenvalue weighted by atomic mass is 16.5. The number of aryl methyl sites for hydroxylation is 1. The van der Waals surface area contributed by atoms with Crippen LogP contribution in [0.2, 0.25) is 0 Å². The molecule has 0 radical (unpaired) electrons. The van der Waals surface area contributed by atoms with Crippen molar-refractivity contribution in [3.63, 3.8) is 0 Å². The molecule has 1 unspecified atom stereocenters. The van der Waals surface area contributed by atoms with Gasteiger partial charge in [0.15, 0.2) is 22.9 Å². The largest absolute Gasteiger partial charge is 0.493 e. The topological polar surface area (TPSA) is 124 Å². The van der Waals surface area contributed by atoms with Gasteiger partial charge in [-0.15, -0.1) is 0 Å². The van der Waals surface area contributed by atoms with E-state index >= 15 is 0 Å². The summed E-state index contributed by atoms with van der Waals surface area (Å²) >= 11 is 0. The zero-order chi connectivity index (χ0) is 26.1. The van der Waals surface area contributed by atoms with Crippen molar-refractivity contribution in [1.29, 1.82) is 0 Å². The minimum absolute atomic E-state index is 0.0269. The van der Waals surface area contributed by atoms with Gasteiger partial charge in [0.1, 0.15) is 5.75 Å². The highest BCUT2D eigenvalue weighted by molar-refractivity contribution is 5.93. The molecule has 0 N–H and O–H groups in total. The van der Waals surface area contributed by atoms with Crippen molar-refractivity contribution >= 4 is 34.6 Å². The average Bonchev–Trinajstić information content (AvgIpc) is 3.60. The van der Waals surface area contributed by atoms with E-state index in [0.29, 0.717) is 33.8 Å². The van der Waals surface area contributed by atoms with Gasteiger partial charge in [-0.25, -0.2) is 0 Å². The molecule has 0 fully saturated rings. The van der Waals surface area contributed by atoms with Gasteiger partial charge >= 0.3 is 17.9 Å². The molecule has 0 aliphatic heterocycles. The van der Waals surface area contributed by atoms with E-state index in [4.69, 9.17) is 32.5 Å². The molecule has 1 atom stereocenters. The van der Waals surface area contributed by atoms with Crippen molar-refractivity contribution in [2.75, 3.05) is 28.4 Å². The fourth-order valence-electron chi connectivity index (χ4n) is 3.61. The third kappa shape index (κ3) is 6.26. The van der Waals surface area contributed by atoms with Crippen LogP contribution in [0.15, 0.2) is 51.7 Å². The minimum Gasteiger partial charge on any atom is -0.493 e. The number of methoxy groups -OCH3 is 4. The predicted octanol–water partition coefficient (Wildman–Crippen LogP) is 4.30. The van der Waals surface area contributed by atoms with Gasteiger partial charge < -0.3 is 32.5 Å². The summed E-state index contributed by atoms with van der Waals surface area (Å²) in [6, 6.07) is 6.66. The number of esters is 3. The number of hydrogen-bond acceptors (Lipinski definition) is 10.